The van der Waals surface area contributed by atoms with Gasteiger partial charge in [-0.25, -0.2) is 0 Å². The van der Waals surface area contributed by atoms with Gasteiger partial charge in [0.1, 0.15) is 13.2 Å². The maximum absolute atomic E-state index is 12.8. The third-order valence-electron chi connectivity index (χ3n) is 12.4. The van der Waals surface area contributed by atoms with Crippen molar-refractivity contribution < 1.29 is 28.6 Å². The zero-order valence-electron chi connectivity index (χ0n) is 44.9. The van der Waals surface area contributed by atoms with Gasteiger partial charge in [0, 0.05) is 19.3 Å². The highest BCUT2D eigenvalue weighted by atomic mass is 16.6. The minimum absolute atomic E-state index is 0.0790. The van der Waals surface area contributed by atoms with Crippen LogP contribution in [0.5, 0.6) is 0 Å². The molecule has 0 aromatic carbocycles. The molecule has 392 valence electrons. The minimum atomic E-state index is -0.777. The van der Waals surface area contributed by atoms with Gasteiger partial charge in [-0.3, -0.25) is 14.4 Å². The Morgan fingerprint density at radius 1 is 0.309 bits per heavy atom. The fraction of sp³-hybridized carbons (Fsp3) is 0.758. The molecule has 68 heavy (non-hydrogen) atoms. The van der Waals surface area contributed by atoms with E-state index in [4.69, 9.17) is 14.2 Å². The molecule has 0 heterocycles. The Bertz CT molecular complexity index is 1270. The van der Waals surface area contributed by atoms with Crippen molar-refractivity contribution in [3.05, 3.63) is 72.9 Å². The summed E-state index contributed by atoms with van der Waals surface area (Å²) >= 11 is 0. The van der Waals surface area contributed by atoms with Crippen LogP contribution in [0.15, 0.2) is 72.9 Å². The summed E-state index contributed by atoms with van der Waals surface area (Å²) in [7, 11) is 0. The lowest BCUT2D eigenvalue weighted by Gasteiger charge is -2.18. The molecular formula is C62H108O6. The van der Waals surface area contributed by atoms with Crippen LogP contribution < -0.4 is 0 Å². The highest BCUT2D eigenvalue weighted by molar-refractivity contribution is 5.71. The SMILES string of the molecule is CC/C=C\C/C=C\C/C=C\C/C=C\CCCCCCCCCCCCCCCCCCC(=O)OCC(COC(=O)CCCCCCC)OC(=O)CCCCCCC/C=C\C/C=C\CCCCCC. The molecule has 0 bridgehead atoms. The van der Waals surface area contributed by atoms with Crippen molar-refractivity contribution in [1.29, 1.82) is 0 Å². The van der Waals surface area contributed by atoms with Gasteiger partial charge in [-0.2, -0.15) is 0 Å². The van der Waals surface area contributed by atoms with Gasteiger partial charge in [-0.05, 0) is 89.9 Å². The number of rotatable bonds is 52. The summed E-state index contributed by atoms with van der Waals surface area (Å²) in [5, 5.41) is 0. The second-order valence-corrected chi connectivity index (χ2v) is 19.2. The van der Waals surface area contributed by atoms with E-state index < -0.39 is 6.10 Å². The van der Waals surface area contributed by atoms with Gasteiger partial charge in [-0.15, -0.1) is 0 Å². The van der Waals surface area contributed by atoms with E-state index in [1.165, 1.54) is 128 Å². The first-order chi connectivity index (χ1) is 33.5. The van der Waals surface area contributed by atoms with Crippen LogP contribution in [-0.4, -0.2) is 37.2 Å². The quantitative estimate of drug-likeness (QED) is 0.0262. The van der Waals surface area contributed by atoms with Crippen LogP contribution in [-0.2, 0) is 28.6 Å². The third kappa shape index (κ3) is 53.8. The molecule has 0 aliphatic heterocycles. The Morgan fingerprint density at radius 3 is 0.912 bits per heavy atom. The van der Waals surface area contributed by atoms with Crippen LogP contribution in [0.3, 0.4) is 0 Å². The number of esters is 3. The molecule has 0 rings (SSSR count). The predicted molar refractivity (Wildman–Crippen MR) is 293 cm³/mol. The second-order valence-electron chi connectivity index (χ2n) is 19.2. The number of hydrogen-bond acceptors (Lipinski definition) is 6. The Kier molecular flexibility index (Phi) is 53.8. The number of carbonyl (C=O) groups excluding carboxylic acids is 3. The van der Waals surface area contributed by atoms with E-state index in [1.54, 1.807) is 0 Å². The van der Waals surface area contributed by atoms with Crippen molar-refractivity contribution in [2.45, 2.75) is 290 Å². The topological polar surface area (TPSA) is 78.9 Å². The highest BCUT2D eigenvalue weighted by Gasteiger charge is 2.19. The molecule has 6 nitrogen and oxygen atoms in total. The molecule has 0 amide bonds. The van der Waals surface area contributed by atoms with Crippen molar-refractivity contribution in [2.75, 3.05) is 13.2 Å². The van der Waals surface area contributed by atoms with Crippen LogP contribution in [0.4, 0.5) is 0 Å². The molecule has 0 radical (unpaired) electrons. The molecule has 0 saturated carbocycles. The Morgan fingerprint density at radius 2 is 0.574 bits per heavy atom. The molecular weight excluding hydrogens is 841 g/mol. The summed E-state index contributed by atoms with van der Waals surface area (Å²) in [6.07, 6.45) is 72.3. The maximum Gasteiger partial charge on any atom is 0.306 e. The fourth-order valence-electron chi connectivity index (χ4n) is 8.11. The van der Waals surface area contributed by atoms with E-state index in [-0.39, 0.29) is 31.1 Å². The van der Waals surface area contributed by atoms with Gasteiger partial charge >= 0.3 is 17.9 Å². The van der Waals surface area contributed by atoms with Crippen LogP contribution in [0, 0.1) is 0 Å². The molecule has 1 unspecified atom stereocenters. The number of unbranched alkanes of at least 4 members (excludes halogenated alkanes) is 29. The van der Waals surface area contributed by atoms with Crippen LogP contribution in [0.25, 0.3) is 0 Å². The molecule has 0 aliphatic rings. The molecule has 1 atom stereocenters. The van der Waals surface area contributed by atoms with Crippen LogP contribution in [0.2, 0.25) is 0 Å². The smallest absolute Gasteiger partial charge is 0.306 e. The van der Waals surface area contributed by atoms with E-state index >= 15 is 0 Å². The van der Waals surface area contributed by atoms with Crippen molar-refractivity contribution in [1.82, 2.24) is 0 Å². The Balaban J connectivity index is 4.01. The normalized spacial score (nSPS) is 12.6. The first-order valence-corrected chi connectivity index (χ1v) is 28.9. The standard InChI is InChI=1S/C62H108O6/c1-4-7-10-13-15-17-19-21-23-25-26-27-28-29-30-31-32-33-34-35-36-37-39-40-42-44-46-49-52-55-61(64)67-58-59(57-66-60(63)54-51-48-12-9-6-3)68-62(65)56-53-50-47-45-43-41-38-24-22-20-18-16-14-11-8-5-2/h7,10,15,17-18,20-21,23-24,26-27,38,59H,4-6,8-9,11-14,16,19,22,25,28-37,39-58H2,1-3H3/b10-7-,17-15-,20-18-,23-21-,27-26-,38-24-. The molecule has 0 fully saturated rings. The summed E-state index contributed by atoms with van der Waals surface area (Å²) in [6, 6.07) is 0. The van der Waals surface area contributed by atoms with E-state index in [0.29, 0.717) is 19.3 Å². The Hall–Kier alpha value is -3.15. The summed E-state index contributed by atoms with van der Waals surface area (Å²) in [6.45, 7) is 6.43. The first kappa shape index (κ1) is 64.8. The molecule has 0 aliphatic carbocycles. The van der Waals surface area contributed by atoms with Gasteiger partial charge in [-0.1, -0.05) is 248 Å². The number of ether oxygens (including phenoxy) is 3. The summed E-state index contributed by atoms with van der Waals surface area (Å²) < 4.78 is 16.7. The van der Waals surface area contributed by atoms with Crippen molar-refractivity contribution in [2.24, 2.45) is 0 Å². The number of allylic oxidation sites excluding steroid dienone is 12. The van der Waals surface area contributed by atoms with Gasteiger partial charge in [0.2, 0.25) is 0 Å². The molecule has 0 spiro atoms. The van der Waals surface area contributed by atoms with Gasteiger partial charge in [0.25, 0.3) is 0 Å². The summed E-state index contributed by atoms with van der Waals surface area (Å²) in [5.74, 6) is -0.900. The molecule has 0 aromatic heterocycles. The Labute approximate surface area is 421 Å². The van der Waals surface area contributed by atoms with Crippen molar-refractivity contribution in [3.8, 4) is 0 Å². The monoisotopic (exact) mass is 949 g/mol. The lowest BCUT2D eigenvalue weighted by molar-refractivity contribution is -0.167. The van der Waals surface area contributed by atoms with Crippen molar-refractivity contribution in [3.63, 3.8) is 0 Å². The van der Waals surface area contributed by atoms with Crippen LogP contribution in [0.1, 0.15) is 284 Å². The summed E-state index contributed by atoms with van der Waals surface area (Å²) in [4.78, 5) is 37.8. The summed E-state index contributed by atoms with van der Waals surface area (Å²) in [5.41, 5.74) is 0. The van der Waals surface area contributed by atoms with E-state index in [0.717, 1.165) is 116 Å². The molecule has 6 heteroatoms. The third-order valence-corrected chi connectivity index (χ3v) is 12.4. The van der Waals surface area contributed by atoms with Gasteiger partial charge in [0.15, 0.2) is 6.10 Å². The van der Waals surface area contributed by atoms with E-state index in [2.05, 4.69) is 93.7 Å². The van der Waals surface area contributed by atoms with Crippen molar-refractivity contribution >= 4 is 17.9 Å². The molecule has 0 N–H and O–H groups in total. The number of hydrogen-bond donors (Lipinski definition) is 0. The average molecular weight is 950 g/mol. The van der Waals surface area contributed by atoms with E-state index in [1.807, 2.05) is 0 Å². The number of carbonyl (C=O) groups is 3. The minimum Gasteiger partial charge on any atom is -0.462 e. The average Bonchev–Trinajstić information content (AvgIpc) is 3.34. The first-order valence-electron chi connectivity index (χ1n) is 28.9. The van der Waals surface area contributed by atoms with Crippen LogP contribution >= 0.6 is 0 Å². The molecule has 0 saturated heterocycles. The predicted octanol–water partition coefficient (Wildman–Crippen LogP) is 19.4. The largest absolute Gasteiger partial charge is 0.462 e. The van der Waals surface area contributed by atoms with E-state index in [9.17, 15) is 14.4 Å². The zero-order valence-corrected chi connectivity index (χ0v) is 44.9. The maximum atomic E-state index is 12.8. The lowest BCUT2D eigenvalue weighted by atomic mass is 10.0. The zero-order chi connectivity index (χ0) is 49.3. The highest BCUT2D eigenvalue weighted by Crippen LogP contribution is 2.16. The van der Waals surface area contributed by atoms with Gasteiger partial charge < -0.3 is 14.2 Å². The fourth-order valence-corrected chi connectivity index (χ4v) is 8.11. The lowest BCUT2D eigenvalue weighted by Crippen LogP contribution is -2.30. The van der Waals surface area contributed by atoms with Gasteiger partial charge in [0.05, 0.1) is 0 Å². The second kappa shape index (κ2) is 56.4. The molecule has 0 aromatic rings.